The Hall–Kier alpha value is -3.42. The van der Waals surface area contributed by atoms with Gasteiger partial charge >= 0.3 is 5.97 Å². The third-order valence-electron chi connectivity index (χ3n) is 5.45. The fourth-order valence-electron chi connectivity index (χ4n) is 3.75. The molecule has 0 saturated carbocycles. The first-order valence-corrected chi connectivity index (χ1v) is 9.83. The van der Waals surface area contributed by atoms with Crippen LogP contribution in [0.1, 0.15) is 35.7 Å². The smallest absolute Gasteiger partial charge is 0.338 e. The van der Waals surface area contributed by atoms with Crippen molar-refractivity contribution in [2.24, 2.45) is 0 Å². The highest BCUT2D eigenvalue weighted by molar-refractivity contribution is 6.05. The predicted octanol–water partition coefficient (Wildman–Crippen LogP) is 3.24. The molecule has 0 spiro atoms. The minimum absolute atomic E-state index is 0.0800. The van der Waals surface area contributed by atoms with E-state index in [0.29, 0.717) is 11.3 Å². The van der Waals surface area contributed by atoms with E-state index in [4.69, 9.17) is 4.74 Å². The number of fused-ring (bicyclic) bond motifs is 3. The van der Waals surface area contributed by atoms with Crippen LogP contribution < -0.4 is 15.5 Å². The van der Waals surface area contributed by atoms with Gasteiger partial charge in [0.2, 0.25) is 5.91 Å². The first-order valence-electron chi connectivity index (χ1n) is 9.83. The lowest BCUT2D eigenvalue weighted by molar-refractivity contribution is -0.123. The first kappa shape index (κ1) is 19.9. The summed E-state index contributed by atoms with van der Waals surface area (Å²) in [6.45, 7) is 3.86. The molecule has 7 nitrogen and oxygen atoms in total. The van der Waals surface area contributed by atoms with Crippen molar-refractivity contribution >= 4 is 34.8 Å². The van der Waals surface area contributed by atoms with Crippen LogP contribution in [0.4, 0.5) is 21.5 Å². The second-order valence-corrected chi connectivity index (χ2v) is 7.57. The number of nitrogens with zero attached hydrogens (tertiary/aromatic N) is 1. The zero-order valence-electron chi connectivity index (χ0n) is 16.7. The molecule has 8 heteroatoms. The van der Waals surface area contributed by atoms with Crippen LogP contribution in [-0.4, -0.2) is 36.5 Å². The number of hydrogen-bond donors (Lipinski definition) is 2. The van der Waals surface area contributed by atoms with E-state index in [1.165, 1.54) is 13.0 Å². The largest absolute Gasteiger partial charge is 0.449 e. The monoisotopic (exact) mass is 411 g/mol. The molecule has 2 N–H and O–H groups in total. The van der Waals surface area contributed by atoms with Gasteiger partial charge in [0.05, 0.1) is 16.9 Å². The second kappa shape index (κ2) is 7.78. The van der Waals surface area contributed by atoms with Crippen LogP contribution in [0.3, 0.4) is 0 Å². The maximum absolute atomic E-state index is 13.6. The van der Waals surface area contributed by atoms with Crippen LogP contribution in [0, 0.1) is 12.7 Å². The van der Waals surface area contributed by atoms with Gasteiger partial charge in [-0.25, -0.2) is 9.18 Å². The quantitative estimate of drug-likeness (QED) is 0.755. The molecule has 4 rings (SSSR count). The van der Waals surface area contributed by atoms with Gasteiger partial charge in [-0.1, -0.05) is 6.07 Å². The lowest BCUT2D eigenvalue weighted by Gasteiger charge is -2.33. The molecule has 2 atom stereocenters. The Morgan fingerprint density at radius 1 is 1.27 bits per heavy atom. The lowest BCUT2D eigenvalue weighted by atomic mass is 10.1. The van der Waals surface area contributed by atoms with E-state index in [0.717, 1.165) is 25.1 Å². The van der Waals surface area contributed by atoms with Gasteiger partial charge in [-0.3, -0.25) is 9.59 Å². The Kier molecular flexibility index (Phi) is 5.15. The molecule has 156 valence electrons. The Balaban J connectivity index is 1.43. The minimum Gasteiger partial charge on any atom is -0.449 e. The van der Waals surface area contributed by atoms with Gasteiger partial charge in [0.25, 0.3) is 5.91 Å². The number of nitrogens with one attached hydrogen (secondary N) is 2. The molecule has 0 aliphatic carbocycles. The number of esters is 1. The van der Waals surface area contributed by atoms with Crippen molar-refractivity contribution in [3.8, 4) is 0 Å². The van der Waals surface area contributed by atoms with Crippen molar-refractivity contribution in [3.05, 3.63) is 53.3 Å². The summed E-state index contributed by atoms with van der Waals surface area (Å²) in [6, 6.07) is 9.13. The van der Waals surface area contributed by atoms with Crippen LogP contribution in [0.2, 0.25) is 0 Å². The molecule has 2 aromatic rings. The predicted molar refractivity (Wildman–Crippen MR) is 110 cm³/mol. The maximum atomic E-state index is 13.6. The summed E-state index contributed by atoms with van der Waals surface area (Å²) >= 11 is 0. The number of amides is 2. The zero-order chi connectivity index (χ0) is 21.4. The molecular weight excluding hydrogens is 389 g/mol. The van der Waals surface area contributed by atoms with Crippen LogP contribution in [0.15, 0.2) is 36.4 Å². The maximum Gasteiger partial charge on any atom is 0.338 e. The topological polar surface area (TPSA) is 87.7 Å². The van der Waals surface area contributed by atoms with E-state index in [1.807, 2.05) is 4.90 Å². The van der Waals surface area contributed by atoms with Gasteiger partial charge in [-0.15, -0.1) is 0 Å². The third kappa shape index (κ3) is 3.72. The summed E-state index contributed by atoms with van der Waals surface area (Å²) in [4.78, 5) is 39.1. The lowest BCUT2D eigenvalue weighted by Crippen LogP contribution is -2.43. The Morgan fingerprint density at radius 3 is 2.83 bits per heavy atom. The molecule has 2 aliphatic heterocycles. The molecule has 1 fully saturated rings. The average Bonchev–Trinajstić information content (AvgIpc) is 3.21. The summed E-state index contributed by atoms with van der Waals surface area (Å²) in [5, 5.41) is 5.37. The summed E-state index contributed by atoms with van der Waals surface area (Å²) in [7, 11) is 0. The third-order valence-corrected chi connectivity index (χ3v) is 5.45. The average molecular weight is 411 g/mol. The van der Waals surface area contributed by atoms with Crippen molar-refractivity contribution < 1.29 is 23.5 Å². The molecule has 0 aromatic heterocycles. The SMILES string of the molecule is Cc1ccc(NC(=O)[C@H](C)OC(=O)c2ccc3c(c2)NC(=O)[C@@H]2CCCN32)cc1F. The van der Waals surface area contributed by atoms with E-state index in [9.17, 15) is 18.8 Å². The number of hydrogen-bond acceptors (Lipinski definition) is 5. The highest BCUT2D eigenvalue weighted by Crippen LogP contribution is 2.37. The highest BCUT2D eigenvalue weighted by Gasteiger charge is 2.36. The van der Waals surface area contributed by atoms with E-state index < -0.39 is 23.8 Å². The molecule has 2 amide bonds. The second-order valence-electron chi connectivity index (χ2n) is 7.57. The number of halogens is 1. The number of ether oxygens (including phenoxy) is 1. The van der Waals surface area contributed by atoms with Gasteiger partial charge in [0.1, 0.15) is 11.9 Å². The van der Waals surface area contributed by atoms with Crippen molar-refractivity contribution in [1.29, 1.82) is 0 Å². The molecule has 2 aliphatic rings. The summed E-state index contributed by atoms with van der Waals surface area (Å²) in [5.41, 5.74) is 2.41. The van der Waals surface area contributed by atoms with Gasteiger partial charge in [-0.2, -0.15) is 0 Å². The Morgan fingerprint density at radius 2 is 2.07 bits per heavy atom. The standard InChI is InChI=1S/C22H22FN3O4/c1-12-5-7-15(11-16(12)23)24-20(27)13(2)30-22(29)14-6-8-18-17(10-14)25-21(28)19-4-3-9-26(18)19/h5-8,10-11,13,19H,3-4,9H2,1-2H3,(H,24,27)(H,25,28)/t13-,19-/m0/s1. The normalized spacial score (nSPS) is 18.2. The molecule has 2 heterocycles. The zero-order valence-corrected chi connectivity index (χ0v) is 16.7. The molecule has 0 unspecified atom stereocenters. The van der Waals surface area contributed by atoms with E-state index >= 15 is 0 Å². The van der Waals surface area contributed by atoms with Crippen LogP contribution >= 0.6 is 0 Å². The first-order chi connectivity index (χ1) is 14.3. The summed E-state index contributed by atoms with van der Waals surface area (Å²) in [5.74, 6) is -1.77. The molecule has 0 bridgehead atoms. The summed E-state index contributed by atoms with van der Waals surface area (Å²) < 4.78 is 18.9. The minimum atomic E-state index is -1.09. The van der Waals surface area contributed by atoms with Crippen LogP contribution in [0.25, 0.3) is 0 Å². The number of benzene rings is 2. The van der Waals surface area contributed by atoms with E-state index in [2.05, 4.69) is 10.6 Å². The molecule has 0 radical (unpaired) electrons. The molecule has 30 heavy (non-hydrogen) atoms. The molecule has 1 saturated heterocycles. The van der Waals surface area contributed by atoms with Gasteiger partial charge < -0.3 is 20.3 Å². The molecular formula is C22H22FN3O4. The van der Waals surface area contributed by atoms with Gasteiger partial charge in [0.15, 0.2) is 6.10 Å². The Labute approximate surface area is 173 Å². The van der Waals surface area contributed by atoms with E-state index in [1.54, 1.807) is 37.3 Å². The number of rotatable bonds is 4. The number of anilines is 3. The number of aryl methyl sites for hydroxylation is 1. The Bertz CT molecular complexity index is 1040. The van der Waals surface area contributed by atoms with Gasteiger partial charge in [0, 0.05) is 12.2 Å². The van der Waals surface area contributed by atoms with Crippen LogP contribution in [-0.2, 0) is 14.3 Å². The number of carbonyl (C=O) groups is 3. The number of carbonyl (C=O) groups excluding carboxylic acids is 3. The van der Waals surface area contributed by atoms with Crippen molar-refractivity contribution in [1.82, 2.24) is 0 Å². The van der Waals surface area contributed by atoms with Gasteiger partial charge in [-0.05, 0) is 62.6 Å². The summed E-state index contributed by atoms with van der Waals surface area (Å²) in [6.07, 6.45) is 0.668. The van der Waals surface area contributed by atoms with Crippen LogP contribution in [0.5, 0.6) is 0 Å². The van der Waals surface area contributed by atoms with Crippen molar-refractivity contribution in [2.45, 2.75) is 38.8 Å². The van der Waals surface area contributed by atoms with Crippen molar-refractivity contribution in [2.75, 3.05) is 22.1 Å². The van der Waals surface area contributed by atoms with E-state index in [-0.39, 0.29) is 23.2 Å². The molecule has 2 aromatic carbocycles. The fourth-order valence-corrected chi connectivity index (χ4v) is 3.75. The fraction of sp³-hybridized carbons (Fsp3) is 0.318. The highest BCUT2D eigenvalue weighted by atomic mass is 19.1. The van der Waals surface area contributed by atoms with Crippen molar-refractivity contribution in [3.63, 3.8) is 0 Å².